The van der Waals surface area contributed by atoms with Crippen molar-refractivity contribution >= 4 is 21.4 Å². The van der Waals surface area contributed by atoms with E-state index in [1.54, 1.807) is 12.1 Å². The van der Waals surface area contributed by atoms with Crippen LogP contribution in [0, 0.1) is 19.8 Å². The summed E-state index contributed by atoms with van der Waals surface area (Å²) in [7, 11) is -3.40. The molecule has 0 bridgehead atoms. The highest BCUT2D eigenvalue weighted by atomic mass is 32.2. The van der Waals surface area contributed by atoms with E-state index in [0.717, 1.165) is 11.1 Å². The molecule has 0 aromatic heterocycles. The smallest absolute Gasteiger partial charge is 0.239 e. The normalized spacial score (nSPS) is 11.4. The van der Waals surface area contributed by atoms with E-state index in [4.69, 9.17) is 4.74 Å². The van der Waals surface area contributed by atoms with Gasteiger partial charge in [0.1, 0.15) is 18.1 Å². The van der Waals surface area contributed by atoms with Crippen molar-refractivity contribution < 1.29 is 17.9 Å². The molecule has 1 N–H and O–H groups in total. The Hall–Kier alpha value is -2.34. The number of anilines is 1. The summed E-state index contributed by atoms with van der Waals surface area (Å²) in [6.45, 7) is 7.97. The van der Waals surface area contributed by atoms with Crippen LogP contribution in [0.25, 0.3) is 0 Å². The first-order valence-corrected chi connectivity index (χ1v) is 10.8. The van der Waals surface area contributed by atoms with Crippen molar-refractivity contribution in [1.29, 1.82) is 0 Å². The van der Waals surface area contributed by atoms with E-state index in [1.165, 1.54) is 5.56 Å². The minimum Gasteiger partial charge on any atom is -0.489 e. The van der Waals surface area contributed by atoms with Crippen LogP contribution >= 0.6 is 0 Å². The van der Waals surface area contributed by atoms with Crippen LogP contribution in [0.15, 0.2) is 42.5 Å². The number of carbonyl (C=O) groups is 1. The molecule has 0 aliphatic heterocycles. The van der Waals surface area contributed by atoms with Gasteiger partial charge in [-0.25, -0.2) is 8.42 Å². The van der Waals surface area contributed by atoms with Gasteiger partial charge in [0.05, 0.1) is 5.75 Å². The lowest BCUT2D eigenvalue weighted by Gasteiger charge is -2.12. The molecular formula is C21H27NO4S. The second-order valence-electron chi connectivity index (χ2n) is 7.25. The fraction of sp³-hybridized carbons (Fsp3) is 0.381. The van der Waals surface area contributed by atoms with Crippen molar-refractivity contribution in [2.75, 3.05) is 16.8 Å². The van der Waals surface area contributed by atoms with Crippen LogP contribution in [0.4, 0.5) is 5.69 Å². The van der Waals surface area contributed by atoms with E-state index in [9.17, 15) is 13.2 Å². The van der Waals surface area contributed by atoms with E-state index >= 15 is 0 Å². The van der Waals surface area contributed by atoms with Gasteiger partial charge in [-0.1, -0.05) is 43.7 Å². The monoisotopic (exact) mass is 389 g/mol. The van der Waals surface area contributed by atoms with E-state index in [1.807, 2.05) is 52.0 Å². The van der Waals surface area contributed by atoms with Crippen molar-refractivity contribution in [3.8, 4) is 5.75 Å². The third-order valence-corrected chi connectivity index (χ3v) is 5.77. The Balaban J connectivity index is 1.96. The van der Waals surface area contributed by atoms with Gasteiger partial charge in [-0.15, -0.1) is 0 Å². The number of sulfone groups is 1. The summed E-state index contributed by atoms with van der Waals surface area (Å²) in [6, 6.07) is 13.4. The van der Waals surface area contributed by atoms with Gasteiger partial charge < -0.3 is 10.1 Å². The molecule has 0 spiro atoms. The summed E-state index contributed by atoms with van der Waals surface area (Å²) in [5, 5.41) is 2.67. The minimum atomic E-state index is -3.40. The number of aryl methyl sites for hydroxylation is 2. The molecule has 6 heteroatoms. The predicted octanol–water partition coefficient (Wildman–Crippen LogP) is 3.89. The van der Waals surface area contributed by atoms with Gasteiger partial charge in [0.2, 0.25) is 5.91 Å². The Labute approximate surface area is 161 Å². The minimum absolute atomic E-state index is 0.00510. The zero-order chi connectivity index (χ0) is 20.0. The lowest BCUT2D eigenvalue weighted by Crippen LogP contribution is -2.26. The number of carbonyl (C=O) groups excluding carboxylic acids is 1. The molecule has 0 atom stereocenters. The molecule has 2 rings (SSSR count). The van der Waals surface area contributed by atoms with Crippen molar-refractivity contribution in [3.05, 3.63) is 59.2 Å². The highest BCUT2D eigenvalue weighted by Crippen LogP contribution is 2.22. The molecule has 0 unspecified atom stereocenters. The molecule has 0 saturated heterocycles. The fourth-order valence-electron chi connectivity index (χ4n) is 2.79. The summed E-state index contributed by atoms with van der Waals surface area (Å²) < 4.78 is 29.7. The van der Waals surface area contributed by atoms with Gasteiger partial charge in [0.15, 0.2) is 9.84 Å². The number of nitrogens with one attached hydrogen (secondary N) is 1. The molecule has 0 heterocycles. The molecule has 27 heavy (non-hydrogen) atoms. The van der Waals surface area contributed by atoms with Crippen molar-refractivity contribution in [1.82, 2.24) is 0 Å². The number of hydrogen-bond acceptors (Lipinski definition) is 4. The van der Waals surface area contributed by atoms with Crippen LogP contribution in [0.3, 0.4) is 0 Å². The van der Waals surface area contributed by atoms with Crippen LogP contribution < -0.4 is 10.1 Å². The van der Waals surface area contributed by atoms with Gasteiger partial charge in [-0.3, -0.25) is 4.79 Å². The quantitative estimate of drug-likeness (QED) is 0.743. The molecule has 2 aromatic rings. The van der Waals surface area contributed by atoms with Crippen molar-refractivity contribution in [3.63, 3.8) is 0 Å². The zero-order valence-electron chi connectivity index (χ0n) is 16.3. The van der Waals surface area contributed by atoms with Crippen LogP contribution in [-0.4, -0.2) is 25.8 Å². The summed E-state index contributed by atoms with van der Waals surface area (Å²) in [6.07, 6.45) is 0. The van der Waals surface area contributed by atoms with Crippen LogP contribution in [0.5, 0.6) is 5.75 Å². The molecule has 0 aliphatic carbocycles. The highest BCUT2D eigenvalue weighted by molar-refractivity contribution is 7.92. The van der Waals surface area contributed by atoms with Crippen molar-refractivity contribution in [2.24, 2.45) is 5.92 Å². The average Bonchev–Trinajstić information content (AvgIpc) is 2.53. The second-order valence-corrected chi connectivity index (χ2v) is 9.36. The maximum absolute atomic E-state index is 12.1. The SMILES string of the molecule is Cc1cccc(COc2ccc(NC(=O)CS(=O)(=O)CC(C)C)c(C)c2)c1. The Bertz CT molecular complexity index is 904. The Morgan fingerprint density at radius 2 is 1.85 bits per heavy atom. The van der Waals surface area contributed by atoms with E-state index in [0.29, 0.717) is 18.0 Å². The zero-order valence-corrected chi connectivity index (χ0v) is 17.1. The molecular weight excluding hydrogens is 362 g/mol. The summed E-state index contributed by atoms with van der Waals surface area (Å²) in [4.78, 5) is 12.1. The average molecular weight is 390 g/mol. The van der Waals surface area contributed by atoms with E-state index in [2.05, 4.69) is 11.4 Å². The Morgan fingerprint density at radius 3 is 2.48 bits per heavy atom. The number of benzene rings is 2. The lowest BCUT2D eigenvalue weighted by atomic mass is 10.1. The number of rotatable bonds is 8. The lowest BCUT2D eigenvalue weighted by molar-refractivity contribution is -0.113. The molecule has 146 valence electrons. The first-order chi connectivity index (χ1) is 12.6. The first kappa shape index (κ1) is 21.0. The molecule has 5 nitrogen and oxygen atoms in total. The standard InChI is InChI=1S/C21H27NO4S/c1-15(2)13-27(24,25)14-21(23)22-20-9-8-19(11-17(20)4)26-12-18-7-5-6-16(3)10-18/h5-11,15H,12-14H2,1-4H3,(H,22,23). The van der Waals surface area contributed by atoms with E-state index < -0.39 is 21.5 Å². The van der Waals surface area contributed by atoms with Gasteiger partial charge in [0.25, 0.3) is 0 Å². The number of hydrogen-bond donors (Lipinski definition) is 1. The van der Waals surface area contributed by atoms with Crippen LogP contribution in [0.1, 0.15) is 30.5 Å². The number of amides is 1. The van der Waals surface area contributed by atoms with Crippen molar-refractivity contribution in [2.45, 2.75) is 34.3 Å². The van der Waals surface area contributed by atoms with Gasteiger partial charge >= 0.3 is 0 Å². The van der Waals surface area contributed by atoms with Gasteiger partial charge in [-0.05, 0) is 49.1 Å². The maximum atomic E-state index is 12.1. The van der Waals surface area contributed by atoms with E-state index in [-0.39, 0.29) is 11.7 Å². The summed E-state index contributed by atoms with van der Waals surface area (Å²) in [5.74, 6) is -0.331. The van der Waals surface area contributed by atoms with Crippen LogP contribution in [0.2, 0.25) is 0 Å². The fourth-order valence-corrected chi connectivity index (χ4v) is 4.39. The molecule has 0 fully saturated rings. The molecule has 2 aromatic carbocycles. The Kier molecular flexibility index (Phi) is 7.02. The first-order valence-electron chi connectivity index (χ1n) is 8.94. The third-order valence-electron chi connectivity index (χ3n) is 3.90. The van der Waals surface area contributed by atoms with Crippen LogP contribution in [-0.2, 0) is 21.2 Å². The second kappa shape index (κ2) is 9.04. The summed E-state index contributed by atoms with van der Waals surface area (Å²) in [5.41, 5.74) is 3.66. The van der Waals surface area contributed by atoms with Gasteiger partial charge in [0, 0.05) is 5.69 Å². The topological polar surface area (TPSA) is 72.5 Å². The largest absolute Gasteiger partial charge is 0.489 e. The van der Waals surface area contributed by atoms with Gasteiger partial charge in [-0.2, -0.15) is 0 Å². The molecule has 1 amide bonds. The highest BCUT2D eigenvalue weighted by Gasteiger charge is 2.18. The third kappa shape index (κ3) is 7.06. The number of ether oxygens (including phenoxy) is 1. The molecule has 0 aliphatic rings. The maximum Gasteiger partial charge on any atom is 0.239 e. The predicted molar refractivity (Wildman–Crippen MR) is 109 cm³/mol. The Morgan fingerprint density at radius 1 is 1.11 bits per heavy atom. The summed E-state index contributed by atoms with van der Waals surface area (Å²) >= 11 is 0. The molecule has 0 saturated carbocycles. The molecule has 0 radical (unpaired) electrons.